The first-order valence-corrected chi connectivity index (χ1v) is 7.16. The van der Waals surface area contributed by atoms with Gasteiger partial charge in [0, 0.05) is 16.6 Å². The summed E-state index contributed by atoms with van der Waals surface area (Å²) >= 11 is 2.02. The molecule has 1 unspecified atom stereocenters. The molecule has 0 saturated heterocycles. The summed E-state index contributed by atoms with van der Waals surface area (Å²) in [6.07, 6.45) is 7.55. The average Bonchev–Trinajstić information content (AvgIpc) is 2.10. The number of thioether (sulfide) groups is 1. The molecule has 0 aliphatic rings. The number of rotatable bonds is 8. The van der Waals surface area contributed by atoms with E-state index in [1.54, 1.807) is 0 Å². The molecule has 0 fully saturated rings. The Balaban J connectivity index is 3.73. The zero-order valence-electron chi connectivity index (χ0n) is 10.9. The van der Waals surface area contributed by atoms with Gasteiger partial charge in [0.25, 0.3) is 0 Å². The minimum absolute atomic E-state index is 0.324. The molecule has 0 aromatic heterocycles. The Bertz CT molecular complexity index is 140. The SMILES string of the molecule is CCCCCCC(CCO)SC(C)(C)C. The molecular formula is C13H28OS. The molecular weight excluding hydrogens is 204 g/mol. The lowest BCUT2D eigenvalue weighted by Crippen LogP contribution is -2.17. The Morgan fingerprint density at radius 2 is 1.73 bits per heavy atom. The topological polar surface area (TPSA) is 20.2 Å². The predicted octanol–water partition coefficient (Wildman–Crippen LogP) is 4.24. The number of aliphatic hydroxyl groups is 1. The second-order valence-electron chi connectivity index (χ2n) is 5.21. The summed E-state index contributed by atoms with van der Waals surface area (Å²) in [6, 6.07) is 0. The molecule has 92 valence electrons. The zero-order chi connectivity index (χ0) is 11.7. The molecule has 0 radical (unpaired) electrons. The van der Waals surface area contributed by atoms with Crippen molar-refractivity contribution >= 4 is 11.8 Å². The van der Waals surface area contributed by atoms with Gasteiger partial charge in [-0.2, -0.15) is 11.8 Å². The van der Waals surface area contributed by atoms with Gasteiger partial charge in [0.05, 0.1) is 0 Å². The fourth-order valence-electron chi connectivity index (χ4n) is 1.70. The number of unbranched alkanes of at least 4 members (excludes halogenated alkanes) is 3. The van der Waals surface area contributed by atoms with Gasteiger partial charge in [-0.25, -0.2) is 0 Å². The second-order valence-corrected chi connectivity index (χ2v) is 7.34. The lowest BCUT2D eigenvalue weighted by atomic mass is 10.1. The molecule has 0 saturated carbocycles. The van der Waals surface area contributed by atoms with Crippen LogP contribution in [0.2, 0.25) is 0 Å². The zero-order valence-corrected chi connectivity index (χ0v) is 11.7. The van der Waals surface area contributed by atoms with Crippen LogP contribution < -0.4 is 0 Å². The summed E-state index contributed by atoms with van der Waals surface area (Å²) < 4.78 is 0.324. The number of aliphatic hydroxyl groups excluding tert-OH is 1. The number of hydrogen-bond donors (Lipinski definition) is 1. The molecule has 15 heavy (non-hydrogen) atoms. The van der Waals surface area contributed by atoms with Gasteiger partial charge in [0.15, 0.2) is 0 Å². The maximum atomic E-state index is 9.02. The van der Waals surface area contributed by atoms with Crippen LogP contribution in [0.15, 0.2) is 0 Å². The monoisotopic (exact) mass is 232 g/mol. The highest BCUT2D eigenvalue weighted by molar-refractivity contribution is 8.01. The number of hydrogen-bond acceptors (Lipinski definition) is 2. The third kappa shape index (κ3) is 10.6. The second kappa shape index (κ2) is 8.46. The largest absolute Gasteiger partial charge is 0.396 e. The molecule has 0 aliphatic carbocycles. The molecule has 0 heterocycles. The maximum Gasteiger partial charge on any atom is 0.0441 e. The summed E-state index contributed by atoms with van der Waals surface area (Å²) in [7, 11) is 0. The first-order chi connectivity index (χ1) is 6.99. The average molecular weight is 232 g/mol. The van der Waals surface area contributed by atoms with E-state index < -0.39 is 0 Å². The van der Waals surface area contributed by atoms with Crippen molar-refractivity contribution in [2.24, 2.45) is 0 Å². The molecule has 0 aromatic rings. The van der Waals surface area contributed by atoms with Crippen molar-refractivity contribution in [3.8, 4) is 0 Å². The molecule has 0 amide bonds. The lowest BCUT2D eigenvalue weighted by Gasteiger charge is -2.25. The minimum atomic E-state index is 0.324. The van der Waals surface area contributed by atoms with E-state index in [0.29, 0.717) is 16.6 Å². The van der Waals surface area contributed by atoms with Gasteiger partial charge >= 0.3 is 0 Å². The van der Waals surface area contributed by atoms with Crippen molar-refractivity contribution in [2.45, 2.75) is 76.2 Å². The standard InChI is InChI=1S/C13H28OS/c1-5-6-7-8-9-12(10-11-14)15-13(2,3)4/h12,14H,5-11H2,1-4H3. The Kier molecular flexibility index (Phi) is 8.64. The first-order valence-electron chi connectivity index (χ1n) is 6.28. The van der Waals surface area contributed by atoms with Crippen molar-refractivity contribution in [2.75, 3.05) is 6.61 Å². The van der Waals surface area contributed by atoms with Crippen LogP contribution in [0.25, 0.3) is 0 Å². The first kappa shape index (κ1) is 15.3. The molecule has 2 heteroatoms. The van der Waals surface area contributed by atoms with Crippen LogP contribution in [0, 0.1) is 0 Å². The molecule has 0 rings (SSSR count). The molecule has 0 bridgehead atoms. The summed E-state index contributed by atoms with van der Waals surface area (Å²) in [5.74, 6) is 0. The van der Waals surface area contributed by atoms with Gasteiger partial charge in [-0.15, -0.1) is 0 Å². The van der Waals surface area contributed by atoms with E-state index in [1.807, 2.05) is 11.8 Å². The van der Waals surface area contributed by atoms with E-state index in [-0.39, 0.29) is 0 Å². The van der Waals surface area contributed by atoms with E-state index >= 15 is 0 Å². The minimum Gasteiger partial charge on any atom is -0.396 e. The predicted molar refractivity (Wildman–Crippen MR) is 71.6 cm³/mol. The van der Waals surface area contributed by atoms with Gasteiger partial charge in [-0.3, -0.25) is 0 Å². The molecule has 1 nitrogen and oxygen atoms in total. The molecule has 1 N–H and O–H groups in total. The van der Waals surface area contributed by atoms with Crippen LogP contribution in [-0.2, 0) is 0 Å². The Labute approximate surface area is 100 Å². The smallest absolute Gasteiger partial charge is 0.0441 e. The molecule has 0 aromatic carbocycles. The van der Waals surface area contributed by atoms with Crippen LogP contribution in [0.4, 0.5) is 0 Å². The lowest BCUT2D eigenvalue weighted by molar-refractivity contribution is 0.284. The summed E-state index contributed by atoms with van der Waals surface area (Å²) in [5, 5.41) is 9.67. The quantitative estimate of drug-likeness (QED) is 0.632. The Morgan fingerprint density at radius 1 is 1.07 bits per heavy atom. The van der Waals surface area contributed by atoms with Crippen LogP contribution in [0.3, 0.4) is 0 Å². The fraction of sp³-hybridized carbons (Fsp3) is 1.00. The van der Waals surface area contributed by atoms with Gasteiger partial charge in [0.1, 0.15) is 0 Å². The van der Waals surface area contributed by atoms with E-state index in [9.17, 15) is 0 Å². The van der Waals surface area contributed by atoms with Crippen molar-refractivity contribution in [1.82, 2.24) is 0 Å². The highest BCUT2D eigenvalue weighted by atomic mass is 32.2. The summed E-state index contributed by atoms with van der Waals surface area (Å²) in [6.45, 7) is 9.35. The van der Waals surface area contributed by atoms with E-state index in [1.165, 1.54) is 32.1 Å². The van der Waals surface area contributed by atoms with Crippen molar-refractivity contribution in [1.29, 1.82) is 0 Å². The summed E-state index contributed by atoms with van der Waals surface area (Å²) in [4.78, 5) is 0. The highest BCUT2D eigenvalue weighted by Crippen LogP contribution is 2.32. The van der Waals surface area contributed by atoms with Crippen molar-refractivity contribution in [3.05, 3.63) is 0 Å². The Morgan fingerprint density at radius 3 is 2.20 bits per heavy atom. The van der Waals surface area contributed by atoms with Crippen molar-refractivity contribution < 1.29 is 5.11 Å². The van der Waals surface area contributed by atoms with Gasteiger partial charge in [-0.1, -0.05) is 53.4 Å². The third-order valence-electron chi connectivity index (χ3n) is 2.35. The Hall–Kier alpha value is 0.310. The normalized spacial score (nSPS) is 14.2. The third-order valence-corrected chi connectivity index (χ3v) is 3.86. The highest BCUT2D eigenvalue weighted by Gasteiger charge is 2.18. The maximum absolute atomic E-state index is 9.02. The molecule has 0 spiro atoms. The van der Waals surface area contributed by atoms with E-state index in [2.05, 4.69) is 27.7 Å². The van der Waals surface area contributed by atoms with Gasteiger partial charge in [-0.05, 0) is 12.8 Å². The fourth-order valence-corrected chi connectivity index (χ4v) is 3.21. The van der Waals surface area contributed by atoms with E-state index in [4.69, 9.17) is 5.11 Å². The molecule has 1 atom stereocenters. The van der Waals surface area contributed by atoms with Crippen LogP contribution in [-0.4, -0.2) is 21.7 Å². The molecule has 0 aliphatic heterocycles. The van der Waals surface area contributed by atoms with E-state index in [0.717, 1.165) is 6.42 Å². The van der Waals surface area contributed by atoms with Gasteiger partial charge < -0.3 is 5.11 Å². The van der Waals surface area contributed by atoms with Crippen LogP contribution in [0.1, 0.15) is 66.2 Å². The summed E-state index contributed by atoms with van der Waals surface area (Å²) in [5.41, 5.74) is 0. The van der Waals surface area contributed by atoms with Gasteiger partial charge in [0.2, 0.25) is 0 Å². The van der Waals surface area contributed by atoms with Crippen LogP contribution in [0.5, 0.6) is 0 Å². The van der Waals surface area contributed by atoms with Crippen LogP contribution >= 0.6 is 11.8 Å². The van der Waals surface area contributed by atoms with Crippen molar-refractivity contribution in [3.63, 3.8) is 0 Å².